The van der Waals surface area contributed by atoms with Crippen LogP contribution in [-0.4, -0.2) is 29.5 Å². The van der Waals surface area contributed by atoms with Gasteiger partial charge >= 0.3 is 5.97 Å². The molecular formula is C30H29N3O6. The van der Waals surface area contributed by atoms with Crippen molar-refractivity contribution in [3.8, 4) is 5.75 Å². The Hall–Kier alpha value is -4.92. The number of benzene rings is 3. The van der Waals surface area contributed by atoms with Gasteiger partial charge < -0.3 is 24.6 Å². The molecule has 0 aliphatic rings. The van der Waals surface area contributed by atoms with Crippen molar-refractivity contribution >= 4 is 23.5 Å². The number of nitrogens with one attached hydrogen (secondary N) is 2. The molecule has 0 radical (unpaired) electrons. The summed E-state index contributed by atoms with van der Waals surface area (Å²) in [5.74, 6) is -0.718. The summed E-state index contributed by atoms with van der Waals surface area (Å²) in [7, 11) is 0. The molecule has 9 nitrogen and oxygen atoms in total. The van der Waals surface area contributed by atoms with Gasteiger partial charge in [0.25, 0.3) is 11.8 Å². The van der Waals surface area contributed by atoms with Crippen LogP contribution in [0.25, 0.3) is 0 Å². The highest BCUT2D eigenvalue weighted by Gasteiger charge is 2.19. The quantitative estimate of drug-likeness (QED) is 0.274. The smallest absolute Gasteiger partial charge is 0.342 e. The molecule has 4 rings (SSSR count). The number of aromatic nitrogens is 1. The summed E-state index contributed by atoms with van der Waals surface area (Å²) < 4.78 is 16.2. The first kappa shape index (κ1) is 27.1. The summed E-state index contributed by atoms with van der Waals surface area (Å²) in [5.41, 5.74) is 3.21. The van der Waals surface area contributed by atoms with E-state index in [1.54, 1.807) is 62.4 Å². The van der Waals surface area contributed by atoms with Crippen LogP contribution in [0.15, 0.2) is 83.4 Å². The molecule has 0 aliphatic heterocycles. The van der Waals surface area contributed by atoms with Crippen molar-refractivity contribution in [2.45, 2.75) is 33.4 Å². The Labute approximate surface area is 226 Å². The zero-order chi connectivity index (χ0) is 27.8. The molecule has 0 fully saturated rings. The van der Waals surface area contributed by atoms with Crippen molar-refractivity contribution in [1.29, 1.82) is 0 Å². The van der Waals surface area contributed by atoms with E-state index in [0.717, 1.165) is 11.1 Å². The van der Waals surface area contributed by atoms with E-state index in [1.165, 1.54) is 0 Å². The fourth-order valence-electron chi connectivity index (χ4n) is 3.90. The van der Waals surface area contributed by atoms with E-state index < -0.39 is 18.5 Å². The first-order valence-electron chi connectivity index (χ1n) is 12.4. The van der Waals surface area contributed by atoms with Gasteiger partial charge in [0.1, 0.15) is 23.7 Å². The fourth-order valence-corrected chi connectivity index (χ4v) is 3.90. The van der Waals surface area contributed by atoms with Gasteiger partial charge in [-0.25, -0.2) is 4.79 Å². The summed E-state index contributed by atoms with van der Waals surface area (Å²) in [6.07, 6.45) is 0. The van der Waals surface area contributed by atoms with E-state index in [9.17, 15) is 14.4 Å². The van der Waals surface area contributed by atoms with Crippen LogP contribution < -0.4 is 15.4 Å². The number of aryl methyl sites for hydroxylation is 2. The summed E-state index contributed by atoms with van der Waals surface area (Å²) >= 11 is 0. The van der Waals surface area contributed by atoms with E-state index >= 15 is 0 Å². The molecule has 0 saturated heterocycles. The zero-order valence-electron chi connectivity index (χ0n) is 21.9. The third-order valence-electron chi connectivity index (χ3n) is 6.09. The summed E-state index contributed by atoms with van der Waals surface area (Å²) in [4.78, 5) is 38.3. The second-order valence-corrected chi connectivity index (χ2v) is 8.86. The summed E-state index contributed by atoms with van der Waals surface area (Å²) in [6.45, 7) is 5.08. The Bertz CT molecular complexity index is 1450. The topological polar surface area (TPSA) is 120 Å². The van der Waals surface area contributed by atoms with E-state index in [4.69, 9.17) is 14.0 Å². The number of carbonyl (C=O) groups excluding carboxylic acids is 3. The molecule has 3 aromatic carbocycles. The van der Waals surface area contributed by atoms with Crippen LogP contribution in [0.4, 0.5) is 5.69 Å². The van der Waals surface area contributed by atoms with Crippen LogP contribution in [0, 0.1) is 13.8 Å². The van der Waals surface area contributed by atoms with Gasteiger partial charge in [0.05, 0.1) is 28.6 Å². The van der Waals surface area contributed by atoms with Gasteiger partial charge in [-0.3, -0.25) is 9.59 Å². The molecule has 39 heavy (non-hydrogen) atoms. The van der Waals surface area contributed by atoms with Gasteiger partial charge in [0.15, 0.2) is 6.61 Å². The standard InChI is InChI=1S/C30H29N3O6/c1-19(22-11-5-4-6-12-22)31-29(35)23-13-7-9-15-26(23)32-28(34)18-38-30(36)24-14-8-10-16-27(24)37-17-25-20(2)33-39-21(25)3/h4-16,19H,17-18H2,1-3H3,(H,31,35)(H,32,34)/t19-/m0/s1. The monoisotopic (exact) mass is 527 g/mol. The number of para-hydroxylation sites is 2. The second kappa shape index (κ2) is 12.6. The fraction of sp³-hybridized carbons (Fsp3) is 0.200. The SMILES string of the molecule is Cc1noc(C)c1COc1ccccc1C(=O)OCC(=O)Nc1ccccc1C(=O)N[C@@H](C)c1ccccc1. The molecule has 0 saturated carbocycles. The van der Waals surface area contributed by atoms with Gasteiger partial charge in [-0.15, -0.1) is 0 Å². The van der Waals surface area contributed by atoms with Crippen LogP contribution in [0.1, 0.15) is 56.3 Å². The maximum absolute atomic E-state index is 12.9. The zero-order valence-corrected chi connectivity index (χ0v) is 21.9. The highest BCUT2D eigenvalue weighted by Crippen LogP contribution is 2.23. The van der Waals surface area contributed by atoms with Gasteiger partial charge in [0.2, 0.25) is 0 Å². The average molecular weight is 528 g/mol. The van der Waals surface area contributed by atoms with Crippen LogP contribution >= 0.6 is 0 Å². The normalized spacial score (nSPS) is 11.4. The van der Waals surface area contributed by atoms with Crippen LogP contribution in [-0.2, 0) is 16.1 Å². The molecule has 0 aliphatic carbocycles. The lowest BCUT2D eigenvalue weighted by Gasteiger charge is -2.16. The molecule has 2 N–H and O–H groups in total. The minimum atomic E-state index is -0.720. The van der Waals surface area contributed by atoms with E-state index in [2.05, 4.69) is 15.8 Å². The molecule has 0 unspecified atom stereocenters. The maximum atomic E-state index is 12.9. The Morgan fingerprint density at radius 1 is 0.897 bits per heavy atom. The maximum Gasteiger partial charge on any atom is 0.342 e. The Balaban J connectivity index is 1.36. The molecule has 1 atom stereocenters. The van der Waals surface area contributed by atoms with Crippen molar-refractivity contribution in [2.24, 2.45) is 0 Å². The number of hydrogen-bond acceptors (Lipinski definition) is 7. The largest absolute Gasteiger partial charge is 0.488 e. The molecule has 2 amide bonds. The molecule has 1 heterocycles. The summed E-state index contributed by atoms with van der Waals surface area (Å²) in [5, 5.41) is 9.49. The third kappa shape index (κ3) is 6.89. The predicted octanol–water partition coefficient (Wildman–Crippen LogP) is 5.16. The number of amides is 2. The highest BCUT2D eigenvalue weighted by atomic mass is 16.5. The van der Waals surface area contributed by atoms with Crippen molar-refractivity contribution in [1.82, 2.24) is 10.5 Å². The molecular weight excluding hydrogens is 498 g/mol. The lowest BCUT2D eigenvalue weighted by atomic mass is 10.1. The Morgan fingerprint density at radius 2 is 1.56 bits per heavy atom. The Morgan fingerprint density at radius 3 is 2.28 bits per heavy atom. The van der Waals surface area contributed by atoms with Gasteiger partial charge in [-0.1, -0.05) is 59.8 Å². The Kier molecular flexibility index (Phi) is 8.73. The van der Waals surface area contributed by atoms with E-state index in [-0.39, 0.29) is 29.7 Å². The number of anilines is 1. The van der Waals surface area contributed by atoms with E-state index in [0.29, 0.717) is 22.9 Å². The number of ether oxygens (including phenoxy) is 2. The van der Waals surface area contributed by atoms with Gasteiger partial charge in [0, 0.05) is 0 Å². The lowest BCUT2D eigenvalue weighted by molar-refractivity contribution is -0.119. The van der Waals surface area contributed by atoms with Crippen molar-refractivity contribution in [3.05, 3.63) is 113 Å². The number of carbonyl (C=O) groups is 3. The third-order valence-corrected chi connectivity index (χ3v) is 6.09. The molecule has 0 bridgehead atoms. The highest BCUT2D eigenvalue weighted by molar-refractivity contribution is 6.04. The number of nitrogens with zero attached hydrogens (tertiary/aromatic N) is 1. The molecule has 1 aromatic heterocycles. The predicted molar refractivity (Wildman–Crippen MR) is 144 cm³/mol. The van der Waals surface area contributed by atoms with Crippen LogP contribution in [0.3, 0.4) is 0 Å². The molecule has 0 spiro atoms. The van der Waals surface area contributed by atoms with Crippen LogP contribution in [0.2, 0.25) is 0 Å². The van der Waals surface area contributed by atoms with Crippen LogP contribution in [0.5, 0.6) is 5.75 Å². The van der Waals surface area contributed by atoms with Crippen molar-refractivity contribution in [2.75, 3.05) is 11.9 Å². The second-order valence-electron chi connectivity index (χ2n) is 8.86. The minimum Gasteiger partial charge on any atom is -0.488 e. The van der Waals surface area contributed by atoms with Crippen molar-refractivity contribution in [3.63, 3.8) is 0 Å². The number of rotatable bonds is 10. The molecule has 4 aromatic rings. The summed E-state index contributed by atoms with van der Waals surface area (Å²) in [6, 6.07) is 22.5. The lowest BCUT2D eigenvalue weighted by Crippen LogP contribution is -2.28. The van der Waals surface area contributed by atoms with Crippen molar-refractivity contribution < 1.29 is 28.4 Å². The van der Waals surface area contributed by atoms with E-state index in [1.807, 2.05) is 37.3 Å². The number of hydrogen-bond donors (Lipinski definition) is 2. The van der Waals surface area contributed by atoms with Gasteiger partial charge in [-0.05, 0) is 50.6 Å². The minimum absolute atomic E-state index is 0.160. The molecule has 200 valence electrons. The van der Waals surface area contributed by atoms with Gasteiger partial charge in [-0.2, -0.15) is 0 Å². The number of esters is 1. The average Bonchev–Trinajstić information content (AvgIpc) is 3.27. The first-order valence-corrected chi connectivity index (χ1v) is 12.4. The first-order chi connectivity index (χ1) is 18.8. The molecule has 9 heteroatoms.